The molecule has 6 heteroatoms. The van der Waals surface area contributed by atoms with Crippen LogP contribution in [0.5, 0.6) is 5.75 Å². The second-order valence-electron chi connectivity index (χ2n) is 6.15. The molecule has 0 unspecified atom stereocenters. The number of aromatic nitrogens is 2. The van der Waals surface area contributed by atoms with Crippen molar-refractivity contribution >= 4 is 5.91 Å². The van der Waals surface area contributed by atoms with Crippen molar-refractivity contribution in [1.82, 2.24) is 15.1 Å². The topological polar surface area (TPSA) is 69.3 Å². The summed E-state index contributed by atoms with van der Waals surface area (Å²) in [5.41, 5.74) is 2.23. The molecule has 136 valence electrons. The molecule has 26 heavy (non-hydrogen) atoms. The fourth-order valence-corrected chi connectivity index (χ4v) is 2.61. The predicted molar refractivity (Wildman–Crippen MR) is 97.9 cm³/mol. The Morgan fingerprint density at radius 2 is 2.00 bits per heavy atom. The molecule has 0 atom stereocenters. The van der Waals surface area contributed by atoms with Crippen LogP contribution in [-0.4, -0.2) is 15.7 Å². The summed E-state index contributed by atoms with van der Waals surface area (Å²) >= 11 is 0. The van der Waals surface area contributed by atoms with Gasteiger partial charge in [-0.2, -0.15) is 5.10 Å². The Kier molecular flexibility index (Phi) is 5.73. The van der Waals surface area contributed by atoms with Crippen LogP contribution in [0.15, 0.2) is 53.2 Å². The van der Waals surface area contributed by atoms with Crippen LogP contribution in [0.2, 0.25) is 0 Å². The van der Waals surface area contributed by atoms with Crippen molar-refractivity contribution in [3.05, 3.63) is 71.4 Å². The molecule has 2 heterocycles. The first-order chi connectivity index (χ1) is 12.6. The van der Waals surface area contributed by atoms with E-state index in [0.29, 0.717) is 12.3 Å². The summed E-state index contributed by atoms with van der Waals surface area (Å²) in [6, 6.07) is 11.5. The zero-order chi connectivity index (χ0) is 18.4. The SMILES string of the molecule is CCCc1ccc(OCc2ccc(C(=O)NCc3cnn(C)c3)o2)cc1. The number of furan rings is 1. The van der Waals surface area contributed by atoms with Crippen molar-refractivity contribution in [2.24, 2.45) is 7.05 Å². The number of hydrogen-bond donors (Lipinski definition) is 1. The molecule has 6 nitrogen and oxygen atoms in total. The number of hydrogen-bond acceptors (Lipinski definition) is 4. The Morgan fingerprint density at radius 1 is 1.19 bits per heavy atom. The average molecular weight is 353 g/mol. The van der Waals surface area contributed by atoms with E-state index < -0.39 is 0 Å². The monoisotopic (exact) mass is 353 g/mol. The highest BCUT2D eigenvalue weighted by Crippen LogP contribution is 2.16. The van der Waals surface area contributed by atoms with E-state index >= 15 is 0 Å². The lowest BCUT2D eigenvalue weighted by molar-refractivity contribution is 0.0919. The number of nitrogens with zero attached hydrogens (tertiary/aromatic N) is 2. The van der Waals surface area contributed by atoms with Crippen molar-refractivity contribution in [1.29, 1.82) is 0 Å². The molecule has 1 aromatic carbocycles. The van der Waals surface area contributed by atoms with Gasteiger partial charge in [0.05, 0.1) is 6.20 Å². The van der Waals surface area contributed by atoms with Crippen LogP contribution < -0.4 is 10.1 Å². The lowest BCUT2D eigenvalue weighted by atomic mass is 10.1. The smallest absolute Gasteiger partial charge is 0.287 e. The lowest BCUT2D eigenvalue weighted by Gasteiger charge is -2.05. The van der Waals surface area contributed by atoms with E-state index in [4.69, 9.17) is 9.15 Å². The van der Waals surface area contributed by atoms with Crippen molar-refractivity contribution < 1.29 is 13.9 Å². The zero-order valence-corrected chi connectivity index (χ0v) is 15.1. The largest absolute Gasteiger partial charge is 0.486 e. The minimum absolute atomic E-state index is 0.260. The fourth-order valence-electron chi connectivity index (χ4n) is 2.61. The highest BCUT2D eigenvalue weighted by Gasteiger charge is 2.11. The molecule has 1 amide bonds. The molecule has 3 rings (SSSR count). The van der Waals surface area contributed by atoms with Gasteiger partial charge in [0.2, 0.25) is 0 Å². The number of carbonyl (C=O) groups excluding carboxylic acids is 1. The quantitative estimate of drug-likeness (QED) is 0.673. The molecular weight excluding hydrogens is 330 g/mol. The van der Waals surface area contributed by atoms with Gasteiger partial charge in [-0.1, -0.05) is 25.5 Å². The van der Waals surface area contributed by atoms with Gasteiger partial charge in [0.1, 0.15) is 18.1 Å². The molecular formula is C20H23N3O3. The summed E-state index contributed by atoms with van der Waals surface area (Å²) in [6.07, 6.45) is 5.76. The van der Waals surface area contributed by atoms with E-state index in [0.717, 1.165) is 24.2 Å². The molecule has 0 radical (unpaired) electrons. The third kappa shape index (κ3) is 4.75. The minimum atomic E-state index is -0.260. The summed E-state index contributed by atoms with van der Waals surface area (Å²) in [5, 5.41) is 6.87. The van der Waals surface area contributed by atoms with Gasteiger partial charge in [-0.05, 0) is 36.2 Å². The number of amides is 1. The van der Waals surface area contributed by atoms with Gasteiger partial charge in [-0.25, -0.2) is 0 Å². The van der Waals surface area contributed by atoms with E-state index in [1.165, 1.54) is 5.56 Å². The molecule has 0 aliphatic carbocycles. The Balaban J connectivity index is 1.49. The maximum Gasteiger partial charge on any atom is 0.287 e. The Labute approximate surface area is 152 Å². The molecule has 0 saturated heterocycles. The average Bonchev–Trinajstić information content (AvgIpc) is 3.28. The van der Waals surface area contributed by atoms with Crippen molar-refractivity contribution in [2.45, 2.75) is 32.9 Å². The highest BCUT2D eigenvalue weighted by atomic mass is 16.5. The van der Waals surface area contributed by atoms with Crippen LogP contribution in [0.25, 0.3) is 0 Å². The first kappa shape index (κ1) is 17.8. The molecule has 2 aromatic heterocycles. The second kappa shape index (κ2) is 8.38. The predicted octanol–water partition coefficient (Wildman–Crippen LogP) is 3.47. The number of aryl methyl sites for hydroxylation is 2. The minimum Gasteiger partial charge on any atom is -0.486 e. The van der Waals surface area contributed by atoms with E-state index in [1.54, 1.807) is 23.0 Å². The van der Waals surface area contributed by atoms with E-state index in [9.17, 15) is 4.79 Å². The second-order valence-corrected chi connectivity index (χ2v) is 6.15. The summed E-state index contributed by atoms with van der Waals surface area (Å²) in [7, 11) is 1.83. The molecule has 0 saturated carbocycles. The molecule has 0 bridgehead atoms. The molecule has 0 aliphatic heterocycles. The molecule has 0 fully saturated rings. The van der Waals surface area contributed by atoms with Gasteiger partial charge < -0.3 is 14.5 Å². The summed E-state index contributed by atoms with van der Waals surface area (Å²) in [4.78, 5) is 12.1. The zero-order valence-electron chi connectivity index (χ0n) is 15.1. The summed E-state index contributed by atoms with van der Waals surface area (Å²) in [5.74, 6) is 1.40. The van der Waals surface area contributed by atoms with Crippen molar-refractivity contribution in [3.63, 3.8) is 0 Å². The van der Waals surface area contributed by atoms with Crippen LogP contribution in [0.3, 0.4) is 0 Å². The van der Waals surface area contributed by atoms with E-state index in [2.05, 4.69) is 29.5 Å². The summed E-state index contributed by atoms with van der Waals surface area (Å²) < 4.78 is 13.0. The number of ether oxygens (including phenoxy) is 1. The van der Waals surface area contributed by atoms with Crippen LogP contribution in [-0.2, 0) is 26.6 Å². The first-order valence-corrected chi connectivity index (χ1v) is 8.70. The van der Waals surface area contributed by atoms with Crippen LogP contribution in [0, 0.1) is 0 Å². The van der Waals surface area contributed by atoms with Crippen molar-refractivity contribution in [2.75, 3.05) is 0 Å². The Morgan fingerprint density at radius 3 is 2.69 bits per heavy atom. The van der Waals surface area contributed by atoms with Gasteiger partial charge in [-0.15, -0.1) is 0 Å². The number of nitrogens with one attached hydrogen (secondary N) is 1. The molecule has 1 N–H and O–H groups in total. The lowest BCUT2D eigenvalue weighted by Crippen LogP contribution is -2.22. The standard InChI is InChI=1S/C20H23N3O3/c1-3-4-15-5-7-17(8-6-15)25-14-18-9-10-19(26-18)20(24)21-11-16-12-22-23(2)13-16/h5-10,12-13H,3-4,11,14H2,1-2H3,(H,21,24). The van der Waals surface area contributed by atoms with Gasteiger partial charge in [0.25, 0.3) is 5.91 Å². The molecule has 0 spiro atoms. The Bertz CT molecular complexity index is 849. The maximum absolute atomic E-state index is 12.1. The number of benzene rings is 1. The third-order valence-electron chi connectivity index (χ3n) is 3.94. The van der Waals surface area contributed by atoms with Gasteiger partial charge in [0.15, 0.2) is 5.76 Å². The van der Waals surface area contributed by atoms with Gasteiger partial charge in [-0.3, -0.25) is 9.48 Å². The van der Waals surface area contributed by atoms with Crippen LogP contribution >= 0.6 is 0 Å². The summed E-state index contributed by atoms with van der Waals surface area (Å²) in [6.45, 7) is 2.85. The molecule has 3 aromatic rings. The van der Waals surface area contributed by atoms with Crippen LogP contribution in [0.4, 0.5) is 0 Å². The van der Waals surface area contributed by atoms with Gasteiger partial charge in [0, 0.05) is 25.4 Å². The normalized spacial score (nSPS) is 10.7. The van der Waals surface area contributed by atoms with Crippen LogP contribution in [0.1, 0.15) is 40.8 Å². The molecule has 0 aliphatic rings. The highest BCUT2D eigenvalue weighted by molar-refractivity contribution is 5.91. The maximum atomic E-state index is 12.1. The third-order valence-corrected chi connectivity index (χ3v) is 3.94. The Hall–Kier alpha value is -3.02. The number of carbonyl (C=O) groups is 1. The van der Waals surface area contributed by atoms with Gasteiger partial charge >= 0.3 is 0 Å². The van der Waals surface area contributed by atoms with Crippen molar-refractivity contribution in [3.8, 4) is 5.75 Å². The van der Waals surface area contributed by atoms with E-state index in [1.807, 2.05) is 25.4 Å². The number of rotatable bonds is 8. The fraction of sp³-hybridized carbons (Fsp3) is 0.300. The van der Waals surface area contributed by atoms with E-state index in [-0.39, 0.29) is 18.3 Å². The first-order valence-electron chi connectivity index (χ1n) is 8.70.